The molecule has 1 rings (SSSR count). The zero-order valence-corrected chi connectivity index (χ0v) is 12.8. The standard InChI is InChI=1S/C16H27NO2/c1-6-14(12(3)4)17-11-13-8-9-15(18-5)16(10-13)19-7-2/h8-10,12,14,17H,6-7,11H2,1-5H3. The fourth-order valence-corrected chi connectivity index (χ4v) is 2.20. The molecule has 0 heterocycles. The molecule has 0 aliphatic rings. The molecule has 19 heavy (non-hydrogen) atoms. The van der Waals surface area contributed by atoms with Crippen LogP contribution in [0.3, 0.4) is 0 Å². The van der Waals surface area contributed by atoms with Gasteiger partial charge in [-0.15, -0.1) is 0 Å². The second-order valence-electron chi connectivity index (χ2n) is 5.06. The van der Waals surface area contributed by atoms with Crippen molar-refractivity contribution in [1.82, 2.24) is 5.32 Å². The second kappa shape index (κ2) is 8.05. The summed E-state index contributed by atoms with van der Waals surface area (Å²) in [5.74, 6) is 2.26. The molecule has 0 fully saturated rings. The number of nitrogens with one attached hydrogen (secondary N) is 1. The van der Waals surface area contributed by atoms with Crippen LogP contribution in [0.4, 0.5) is 0 Å². The number of hydrogen-bond acceptors (Lipinski definition) is 3. The van der Waals surface area contributed by atoms with Crippen molar-refractivity contribution in [3.63, 3.8) is 0 Å². The zero-order valence-electron chi connectivity index (χ0n) is 12.8. The molecule has 1 aromatic carbocycles. The molecule has 1 aromatic rings. The minimum atomic E-state index is 0.553. The third-order valence-electron chi connectivity index (χ3n) is 3.34. The van der Waals surface area contributed by atoms with E-state index in [-0.39, 0.29) is 0 Å². The molecule has 0 bridgehead atoms. The molecule has 1 unspecified atom stereocenters. The predicted octanol–water partition coefficient (Wildman–Crippen LogP) is 3.62. The van der Waals surface area contributed by atoms with E-state index in [0.29, 0.717) is 18.6 Å². The van der Waals surface area contributed by atoms with Crippen molar-refractivity contribution in [2.75, 3.05) is 13.7 Å². The molecule has 3 nitrogen and oxygen atoms in total. The van der Waals surface area contributed by atoms with Crippen molar-refractivity contribution in [2.45, 2.75) is 46.7 Å². The van der Waals surface area contributed by atoms with Gasteiger partial charge in [-0.25, -0.2) is 0 Å². The molecule has 0 aliphatic carbocycles. The second-order valence-corrected chi connectivity index (χ2v) is 5.06. The Labute approximate surface area is 117 Å². The summed E-state index contributed by atoms with van der Waals surface area (Å²) in [5, 5.41) is 3.60. The van der Waals surface area contributed by atoms with Gasteiger partial charge in [0.25, 0.3) is 0 Å². The summed E-state index contributed by atoms with van der Waals surface area (Å²) in [6.45, 7) is 10.2. The topological polar surface area (TPSA) is 30.5 Å². The first-order valence-electron chi connectivity index (χ1n) is 7.15. The third-order valence-corrected chi connectivity index (χ3v) is 3.34. The number of methoxy groups -OCH3 is 1. The molecule has 1 atom stereocenters. The van der Waals surface area contributed by atoms with Gasteiger partial charge in [-0.2, -0.15) is 0 Å². The molecule has 0 saturated heterocycles. The minimum absolute atomic E-state index is 0.553. The van der Waals surface area contributed by atoms with E-state index in [4.69, 9.17) is 9.47 Å². The Morgan fingerprint density at radius 2 is 1.89 bits per heavy atom. The number of benzene rings is 1. The van der Waals surface area contributed by atoms with Gasteiger partial charge in [-0.3, -0.25) is 0 Å². The predicted molar refractivity (Wildman–Crippen MR) is 79.9 cm³/mol. The summed E-state index contributed by atoms with van der Waals surface area (Å²) < 4.78 is 10.9. The van der Waals surface area contributed by atoms with Crippen molar-refractivity contribution in [2.24, 2.45) is 5.92 Å². The largest absolute Gasteiger partial charge is 0.493 e. The van der Waals surface area contributed by atoms with Crippen LogP contribution in [-0.4, -0.2) is 19.8 Å². The SMILES string of the molecule is CCOc1cc(CNC(CC)C(C)C)ccc1OC. The van der Waals surface area contributed by atoms with Crippen LogP contribution in [0.1, 0.15) is 39.7 Å². The first-order valence-corrected chi connectivity index (χ1v) is 7.15. The van der Waals surface area contributed by atoms with E-state index in [1.807, 2.05) is 13.0 Å². The molecular weight excluding hydrogens is 238 g/mol. The van der Waals surface area contributed by atoms with Crippen LogP contribution in [0.2, 0.25) is 0 Å². The number of ether oxygens (including phenoxy) is 2. The summed E-state index contributed by atoms with van der Waals surface area (Å²) in [6.07, 6.45) is 1.14. The van der Waals surface area contributed by atoms with E-state index in [9.17, 15) is 0 Å². The zero-order chi connectivity index (χ0) is 14.3. The summed E-state index contributed by atoms with van der Waals surface area (Å²) in [5.41, 5.74) is 1.23. The third kappa shape index (κ3) is 4.75. The van der Waals surface area contributed by atoms with Crippen LogP contribution < -0.4 is 14.8 Å². The van der Waals surface area contributed by atoms with Crippen molar-refractivity contribution in [3.05, 3.63) is 23.8 Å². The average molecular weight is 265 g/mol. The number of rotatable bonds is 8. The Bertz CT molecular complexity index is 377. The Balaban J connectivity index is 2.70. The minimum Gasteiger partial charge on any atom is -0.493 e. The summed E-state index contributed by atoms with van der Waals surface area (Å²) in [4.78, 5) is 0. The van der Waals surface area contributed by atoms with Crippen LogP contribution in [0.15, 0.2) is 18.2 Å². The summed E-state index contributed by atoms with van der Waals surface area (Å²) >= 11 is 0. The first kappa shape index (κ1) is 15.8. The molecule has 0 aliphatic heterocycles. The van der Waals surface area contributed by atoms with Crippen LogP contribution in [0, 0.1) is 5.92 Å². The summed E-state index contributed by atoms with van der Waals surface area (Å²) in [7, 11) is 1.67. The first-order chi connectivity index (χ1) is 9.12. The normalized spacial score (nSPS) is 12.5. The van der Waals surface area contributed by atoms with Crippen LogP contribution in [0.25, 0.3) is 0 Å². The smallest absolute Gasteiger partial charge is 0.161 e. The molecule has 0 aromatic heterocycles. The van der Waals surface area contributed by atoms with Gasteiger partial charge < -0.3 is 14.8 Å². The maximum absolute atomic E-state index is 5.60. The molecule has 0 radical (unpaired) electrons. The highest BCUT2D eigenvalue weighted by molar-refractivity contribution is 5.42. The van der Waals surface area contributed by atoms with Gasteiger partial charge in [0, 0.05) is 12.6 Å². The Morgan fingerprint density at radius 3 is 2.42 bits per heavy atom. The van der Waals surface area contributed by atoms with Crippen LogP contribution in [-0.2, 0) is 6.54 Å². The molecule has 1 N–H and O–H groups in total. The summed E-state index contributed by atoms with van der Waals surface area (Å²) in [6, 6.07) is 6.67. The molecule has 108 valence electrons. The molecule has 0 saturated carbocycles. The maximum atomic E-state index is 5.60. The van der Waals surface area contributed by atoms with Gasteiger partial charge in [0.15, 0.2) is 11.5 Å². The van der Waals surface area contributed by atoms with Gasteiger partial charge in [0.1, 0.15) is 0 Å². The molecule has 0 spiro atoms. The van der Waals surface area contributed by atoms with E-state index >= 15 is 0 Å². The highest BCUT2D eigenvalue weighted by Crippen LogP contribution is 2.28. The molecule has 3 heteroatoms. The van der Waals surface area contributed by atoms with E-state index in [0.717, 1.165) is 24.5 Å². The van der Waals surface area contributed by atoms with Crippen molar-refractivity contribution in [1.29, 1.82) is 0 Å². The van der Waals surface area contributed by atoms with Gasteiger partial charge in [0.2, 0.25) is 0 Å². The van der Waals surface area contributed by atoms with E-state index in [1.165, 1.54) is 5.56 Å². The van der Waals surface area contributed by atoms with Crippen molar-refractivity contribution >= 4 is 0 Å². The Kier molecular flexibility index (Phi) is 6.71. The lowest BCUT2D eigenvalue weighted by Crippen LogP contribution is -2.32. The van der Waals surface area contributed by atoms with Gasteiger partial charge >= 0.3 is 0 Å². The van der Waals surface area contributed by atoms with Gasteiger partial charge in [-0.05, 0) is 37.0 Å². The lowest BCUT2D eigenvalue weighted by molar-refractivity contribution is 0.310. The van der Waals surface area contributed by atoms with E-state index in [2.05, 4.69) is 38.2 Å². The molecule has 0 amide bonds. The van der Waals surface area contributed by atoms with E-state index < -0.39 is 0 Å². The highest BCUT2D eigenvalue weighted by atomic mass is 16.5. The maximum Gasteiger partial charge on any atom is 0.161 e. The average Bonchev–Trinajstić information content (AvgIpc) is 2.40. The highest BCUT2D eigenvalue weighted by Gasteiger charge is 2.11. The number of hydrogen-bond donors (Lipinski definition) is 1. The Hall–Kier alpha value is -1.22. The van der Waals surface area contributed by atoms with Crippen molar-refractivity contribution < 1.29 is 9.47 Å². The quantitative estimate of drug-likeness (QED) is 0.778. The fraction of sp³-hybridized carbons (Fsp3) is 0.625. The molecular formula is C16H27NO2. The van der Waals surface area contributed by atoms with Gasteiger partial charge in [0.05, 0.1) is 13.7 Å². The fourth-order valence-electron chi connectivity index (χ4n) is 2.20. The van der Waals surface area contributed by atoms with E-state index in [1.54, 1.807) is 7.11 Å². The Morgan fingerprint density at radius 1 is 1.16 bits per heavy atom. The van der Waals surface area contributed by atoms with Crippen molar-refractivity contribution in [3.8, 4) is 11.5 Å². The lowest BCUT2D eigenvalue weighted by atomic mass is 10.0. The van der Waals surface area contributed by atoms with Crippen LogP contribution in [0.5, 0.6) is 11.5 Å². The van der Waals surface area contributed by atoms with Crippen LogP contribution >= 0.6 is 0 Å². The monoisotopic (exact) mass is 265 g/mol. The lowest BCUT2D eigenvalue weighted by Gasteiger charge is -2.21. The van der Waals surface area contributed by atoms with Gasteiger partial charge in [-0.1, -0.05) is 26.8 Å².